The van der Waals surface area contributed by atoms with Gasteiger partial charge in [-0.25, -0.2) is 0 Å². The van der Waals surface area contributed by atoms with E-state index < -0.39 is 0 Å². The quantitative estimate of drug-likeness (QED) is 0.523. The van der Waals surface area contributed by atoms with Crippen molar-refractivity contribution in [2.75, 3.05) is 6.54 Å². The zero-order chi connectivity index (χ0) is 10.3. The highest BCUT2D eigenvalue weighted by Gasteiger charge is 2.18. The number of carbonyl (C=O) groups is 1. The lowest BCUT2D eigenvalue weighted by Gasteiger charge is -1.94. The highest BCUT2D eigenvalue weighted by Crippen LogP contribution is 2.05. The first-order valence-corrected chi connectivity index (χ1v) is 4.31. The van der Waals surface area contributed by atoms with Crippen LogP contribution in [-0.2, 0) is 4.79 Å². The minimum Gasteiger partial charge on any atom is -0.351 e. The summed E-state index contributed by atoms with van der Waals surface area (Å²) in [6, 6.07) is 2.88. The van der Waals surface area contributed by atoms with Crippen LogP contribution < -0.4 is 5.32 Å². The second kappa shape index (κ2) is 5.36. The Morgan fingerprint density at radius 3 is 2.69 bits per heavy atom. The summed E-state index contributed by atoms with van der Waals surface area (Å²) >= 11 is 0. The molecule has 0 fully saturated rings. The Kier molecular flexibility index (Phi) is 4.83. The van der Waals surface area contributed by atoms with E-state index >= 15 is 0 Å². The highest BCUT2D eigenvalue weighted by atomic mass is 16.1. The van der Waals surface area contributed by atoms with Crippen LogP contribution in [0.15, 0.2) is 12.7 Å². The zero-order valence-electron chi connectivity index (χ0n) is 8.55. The van der Waals surface area contributed by atoms with Gasteiger partial charge in [-0.3, -0.25) is 4.79 Å². The number of carbonyl (C=O) groups excluding carboxylic acids is 1. The summed E-state index contributed by atoms with van der Waals surface area (Å²) in [4.78, 5) is 14.8. The molecular weight excluding hydrogens is 164 g/mol. The number of amides is 1. The van der Waals surface area contributed by atoms with Crippen LogP contribution in [0.1, 0.15) is 27.2 Å². The Hall–Kier alpha value is -1.30. The molecule has 0 spiro atoms. The fraction of sp³-hybridized carbons (Fsp3) is 0.600. The Morgan fingerprint density at radius 2 is 2.23 bits per heavy atom. The maximum Gasteiger partial charge on any atom is 0.275 e. The molecule has 1 amide bonds. The molecule has 0 rings (SSSR count). The predicted molar refractivity (Wildman–Crippen MR) is 54.8 cm³/mol. The van der Waals surface area contributed by atoms with Gasteiger partial charge in [0.15, 0.2) is 0 Å². The van der Waals surface area contributed by atoms with Gasteiger partial charge in [0.25, 0.3) is 11.6 Å². The Bertz CT molecular complexity index is 240. The number of hydrogen-bond donors (Lipinski definition) is 1. The summed E-state index contributed by atoms with van der Waals surface area (Å²) in [7, 11) is 0. The van der Waals surface area contributed by atoms with Crippen molar-refractivity contribution in [3.8, 4) is 6.07 Å². The van der Waals surface area contributed by atoms with Crippen molar-refractivity contribution in [2.45, 2.75) is 32.7 Å². The van der Waals surface area contributed by atoms with Crippen LogP contribution in [0.25, 0.3) is 4.85 Å². The largest absolute Gasteiger partial charge is 0.351 e. The smallest absolute Gasteiger partial charge is 0.275 e. The van der Waals surface area contributed by atoms with Crippen LogP contribution in [0, 0.1) is 6.07 Å². The Labute approximate surface area is 79.6 Å². The van der Waals surface area contributed by atoms with Crippen molar-refractivity contribution in [3.63, 3.8) is 0 Å². The maximum absolute atomic E-state index is 10.7. The molecule has 0 bridgehead atoms. The molecule has 0 aliphatic rings. The molecule has 0 radical (unpaired) electrons. The highest BCUT2D eigenvalue weighted by molar-refractivity contribution is 5.86. The average molecular weight is 181 g/mol. The van der Waals surface area contributed by atoms with Gasteiger partial charge in [-0.15, -0.1) is 0 Å². The van der Waals surface area contributed by atoms with Gasteiger partial charge in [-0.05, 0) is 6.08 Å². The van der Waals surface area contributed by atoms with E-state index in [1.807, 2.05) is 20.8 Å². The van der Waals surface area contributed by atoms with Crippen molar-refractivity contribution in [2.24, 2.45) is 0 Å². The van der Waals surface area contributed by atoms with Crippen LogP contribution in [0.3, 0.4) is 0 Å². The average Bonchev–Trinajstić information content (AvgIpc) is 2.01. The van der Waals surface area contributed by atoms with Gasteiger partial charge in [-0.2, -0.15) is 0 Å². The van der Waals surface area contributed by atoms with Gasteiger partial charge in [0.05, 0.1) is 6.42 Å². The van der Waals surface area contributed by atoms with Crippen molar-refractivity contribution in [3.05, 3.63) is 17.5 Å². The van der Waals surface area contributed by atoms with E-state index in [1.54, 1.807) is 0 Å². The first kappa shape index (κ1) is 11.7. The van der Waals surface area contributed by atoms with Crippen molar-refractivity contribution in [1.29, 1.82) is 0 Å². The van der Waals surface area contributed by atoms with E-state index in [1.165, 1.54) is 6.08 Å². The molecule has 0 aliphatic heterocycles. The van der Waals surface area contributed by atoms with E-state index in [0.717, 1.165) is 0 Å². The van der Waals surface area contributed by atoms with E-state index in [9.17, 15) is 4.79 Å². The monoisotopic (exact) mass is 181 g/mol. The molecule has 0 aromatic heterocycles. The molecule has 0 atom stereocenters. The second-order valence-electron chi connectivity index (χ2n) is 3.69. The van der Waals surface area contributed by atoms with Crippen molar-refractivity contribution in [1.82, 2.24) is 5.32 Å². The Balaban J connectivity index is 3.61. The first-order valence-electron chi connectivity index (χ1n) is 4.31. The molecule has 3 nitrogen and oxygen atoms in total. The normalized spacial score (nSPS) is 9.77. The summed E-state index contributed by atoms with van der Waals surface area (Å²) in [5, 5.41) is 2.64. The van der Waals surface area contributed by atoms with Crippen LogP contribution in [0.2, 0.25) is 0 Å². The fourth-order valence-corrected chi connectivity index (χ4v) is 0.607. The molecule has 0 aromatic rings. The molecule has 0 aromatic carbocycles. The van der Waals surface area contributed by atoms with Crippen LogP contribution in [-0.4, -0.2) is 18.0 Å². The van der Waals surface area contributed by atoms with Gasteiger partial charge in [0, 0.05) is 27.3 Å². The summed E-state index contributed by atoms with van der Waals surface area (Å²) in [5.74, 6) is -0.155. The van der Waals surface area contributed by atoms with E-state index in [4.69, 9.17) is 0 Å². The van der Waals surface area contributed by atoms with Gasteiger partial charge in [-0.1, -0.05) is 11.4 Å². The van der Waals surface area contributed by atoms with E-state index in [-0.39, 0.29) is 11.4 Å². The van der Waals surface area contributed by atoms with E-state index in [2.05, 4.69) is 22.8 Å². The lowest BCUT2D eigenvalue weighted by molar-refractivity contribution is -0.116. The summed E-state index contributed by atoms with van der Waals surface area (Å²) in [5.41, 5.74) is -0.0809. The molecular formula is C10H17N2O+. The lowest BCUT2D eigenvalue weighted by atomic mass is 10.1. The van der Waals surface area contributed by atoms with Gasteiger partial charge in [0.1, 0.15) is 0 Å². The molecule has 13 heavy (non-hydrogen) atoms. The minimum atomic E-state index is -0.155. The maximum atomic E-state index is 10.7. The first-order chi connectivity index (χ1) is 5.95. The Morgan fingerprint density at radius 1 is 1.62 bits per heavy atom. The van der Waals surface area contributed by atoms with Crippen LogP contribution in [0.4, 0.5) is 0 Å². The number of nitrogens with one attached hydrogen (secondary N) is 1. The van der Waals surface area contributed by atoms with E-state index in [0.29, 0.717) is 13.0 Å². The van der Waals surface area contributed by atoms with Crippen molar-refractivity contribution >= 4 is 5.91 Å². The van der Waals surface area contributed by atoms with Gasteiger partial charge >= 0.3 is 0 Å². The molecule has 0 saturated carbocycles. The molecule has 72 valence electrons. The lowest BCUT2D eigenvalue weighted by Crippen LogP contribution is -2.21. The predicted octanol–water partition coefficient (Wildman–Crippen LogP) is 1.81. The SMILES string of the molecule is C=CC(=O)NCCC#[N+]C(C)(C)C. The molecule has 1 N–H and O–H groups in total. The van der Waals surface area contributed by atoms with Gasteiger partial charge < -0.3 is 5.32 Å². The molecule has 0 unspecified atom stereocenters. The summed E-state index contributed by atoms with van der Waals surface area (Å²) in [6.07, 6.45) is 1.89. The van der Waals surface area contributed by atoms with Crippen LogP contribution in [0.5, 0.6) is 0 Å². The third-order valence-corrected chi connectivity index (χ3v) is 1.14. The number of nitrogens with zero attached hydrogens (tertiary/aromatic N) is 1. The third kappa shape index (κ3) is 8.61. The summed E-state index contributed by atoms with van der Waals surface area (Å²) in [6.45, 7) is 9.91. The second-order valence-corrected chi connectivity index (χ2v) is 3.69. The standard InChI is InChI=1S/C10H16N2O/c1-5-9(13)11-7-6-8-12-10(2,3)4/h5H,1,6-7H2,2-4H3/p+1. The molecule has 0 heterocycles. The minimum absolute atomic E-state index is 0.0809. The molecule has 3 heteroatoms. The summed E-state index contributed by atoms with van der Waals surface area (Å²) < 4.78 is 0. The number of hydrogen-bond acceptors (Lipinski definition) is 1. The third-order valence-electron chi connectivity index (χ3n) is 1.14. The topological polar surface area (TPSA) is 33.5 Å². The van der Waals surface area contributed by atoms with Crippen molar-refractivity contribution < 1.29 is 4.79 Å². The fourth-order valence-electron chi connectivity index (χ4n) is 0.607. The van der Waals surface area contributed by atoms with Crippen LogP contribution >= 0.6 is 0 Å². The number of rotatable bonds is 3. The molecule has 0 aliphatic carbocycles. The zero-order valence-corrected chi connectivity index (χ0v) is 8.55. The molecule has 0 saturated heterocycles. The van der Waals surface area contributed by atoms with Gasteiger partial charge in [0.2, 0.25) is 5.91 Å².